The van der Waals surface area contributed by atoms with Gasteiger partial charge in [-0.05, 0) is 18.1 Å². The number of hydrogen-bond acceptors (Lipinski definition) is 3. The number of carbonyl (C=O) groups is 1. The molecule has 0 saturated carbocycles. The third kappa shape index (κ3) is 3.93. The summed E-state index contributed by atoms with van der Waals surface area (Å²) in [5, 5.41) is 6.93. The van der Waals surface area contributed by atoms with Crippen LogP contribution < -0.4 is 11.1 Å². The minimum Gasteiger partial charge on any atom is -0.350 e. The van der Waals surface area contributed by atoms with Crippen LogP contribution in [0.1, 0.15) is 30.1 Å². The topological polar surface area (TPSA) is 72.9 Å². The largest absolute Gasteiger partial charge is 0.350 e. The summed E-state index contributed by atoms with van der Waals surface area (Å²) in [5.41, 5.74) is 8.10. The Hall–Kier alpha value is -2.14. The molecule has 1 unspecified atom stereocenters. The van der Waals surface area contributed by atoms with Gasteiger partial charge in [0.1, 0.15) is 0 Å². The highest BCUT2D eigenvalue weighted by atomic mass is 16.1. The van der Waals surface area contributed by atoms with Crippen LogP contribution in [0.3, 0.4) is 0 Å². The Morgan fingerprint density at radius 3 is 2.75 bits per heavy atom. The molecule has 1 heterocycles. The molecule has 0 aliphatic carbocycles. The second-order valence-corrected chi connectivity index (χ2v) is 4.78. The van der Waals surface area contributed by atoms with Gasteiger partial charge >= 0.3 is 0 Å². The number of carbonyl (C=O) groups excluding carboxylic acids is 1. The predicted molar refractivity (Wildman–Crippen MR) is 77.7 cm³/mol. The van der Waals surface area contributed by atoms with Gasteiger partial charge in [-0.3, -0.25) is 9.48 Å². The Labute approximate surface area is 118 Å². The monoisotopic (exact) mass is 272 g/mol. The molecule has 0 bridgehead atoms. The van der Waals surface area contributed by atoms with E-state index in [4.69, 9.17) is 5.73 Å². The number of aromatic nitrogens is 2. The Kier molecular flexibility index (Phi) is 4.90. The van der Waals surface area contributed by atoms with Gasteiger partial charge in [-0.2, -0.15) is 5.10 Å². The average Bonchev–Trinajstić information content (AvgIpc) is 2.89. The number of benzene rings is 1. The van der Waals surface area contributed by atoms with Crippen molar-refractivity contribution in [2.24, 2.45) is 12.8 Å². The lowest BCUT2D eigenvalue weighted by molar-refractivity contribution is -0.121. The number of rotatable bonds is 6. The van der Waals surface area contributed by atoms with Crippen LogP contribution in [0.4, 0.5) is 0 Å². The minimum atomic E-state index is -0.0985. The molecular weight excluding hydrogens is 252 g/mol. The predicted octanol–water partition coefficient (Wildman–Crippen LogP) is 1.52. The highest BCUT2D eigenvalue weighted by Gasteiger charge is 2.09. The van der Waals surface area contributed by atoms with Gasteiger partial charge in [0, 0.05) is 25.7 Å². The third-order valence-corrected chi connectivity index (χ3v) is 3.30. The molecule has 1 aromatic heterocycles. The number of nitrogens with two attached hydrogens (primary N) is 1. The molecule has 5 nitrogen and oxygen atoms in total. The first-order chi connectivity index (χ1) is 9.66. The molecule has 1 aromatic carbocycles. The summed E-state index contributed by atoms with van der Waals surface area (Å²) in [4.78, 5) is 11.8. The van der Waals surface area contributed by atoms with E-state index in [9.17, 15) is 4.79 Å². The summed E-state index contributed by atoms with van der Waals surface area (Å²) in [5.74, 6) is 0.0116. The summed E-state index contributed by atoms with van der Waals surface area (Å²) in [6.07, 6.45) is 2.78. The van der Waals surface area contributed by atoms with Crippen molar-refractivity contribution in [1.82, 2.24) is 15.1 Å². The maximum atomic E-state index is 11.8. The molecule has 3 N–H and O–H groups in total. The van der Waals surface area contributed by atoms with Crippen molar-refractivity contribution in [3.63, 3.8) is 0 Å². The Morgan fingerprint density at radius 1 is 1.35 bits per heavy atom. The Bertz CT molecular complexity index is 550. The molecule has 0 aliphatic heterocycles. The number of nitrogens with zero attached hydrogens (tertiary/aromatic N) is 2. The number of amides is 1. The van der Waals surface area contributed by atoms with E-state index in [-0.39, 0.29) is 11.9 Å². The van der Waals surface area contributed by atoms with Crippen molar-refractivity contribution in [2.75, 3.05) is 0 Å². The molecule has 0 radical (unpaired) electrons. The van der Waals surface area contributed by atoms with Crippen molar-refractivity contribution in [3.8, 4) is 0 Å². The van der Waals surface area contributed by atoms with E-state index in [0.29, 0.717) is 19.4 Å². The number of nitrogens with one attached hydrogen (secondary N) is 1. The zero-order valence-corrected chi connectivity index (χ0v) is 11.6. The van der Waals surface area contributed by atoms with E-state index in [1.165, 1.54) is 0 Å². The molecular formula is C15H20N4O. The van der Waals surface area contributed by atoms with E-state index in [1.807, 2.05) is 43.4 Å². The summed E-state index contributed by atoms with van der Waals surface area (Å²) in [6, 6.07) is 11.6. The van der Waals surface area contributed by atoms with E-state index in [2.05, 4.69) is 10.4 Å². The summed E-state index contributed by atoms with van der Waals surface area (Å²) in [6.45, 7) is 0.496. The van der Waals surface area contributed by atoms with Crippen LogP contribution in [0, 0.1) is 0 Å². The third-order valence-electron chi connectivity index (χ3n) is 3.30. The molecule has 1 amide bonds. The van der Waals surface area contributed by atoms with Crippen LogP contribution in [-0.4, -0.2) is 15.7 Å². The van der Waals surface area contributed by atoms with Crippen molar-refractivity contribution in [1.29, 1.82) is 0 Å². The Balaban J connectivity index is 1.74. The Morgan fingerprint density at radius 2 is 2.10 bits per heavy atom. The van der Waals surface area contributed by atoms with Crippen LogP contribution in [0.25, 0.3) is 0 Å². The summed E-state index contributed by atoms with van der Waals surface area (Å²) >= 11 is 0. The van der Waals surface area contributed by atoms with Gasteiger partial charge in [0.15, 0.2) is 0 Å². The fourth-order valence-corrected chi connectivity index (χ4v) is 2.01. The van der Waals surface area contributed by atoms with Gasteiger partial charge in [-0.15, -0.1) is 0 Å². The molecule has 1 atom stereocenters. The zero-order valence-electron chi connectivity index (χ0n) is 11.6. The molecule has 0 fully saturated rings. The molecule has 5 heteroatoms. The lowest BCUT2D eigenvalue weighted by atomic mass is 10.0. The lowest BCUT2D eigenvalue weighted by Crippen LogP contribution is -2.25. The number of aryl methyl sites for hydroxylation is 1. The highest BCUT2D eigenvalue weighted by molar-refractivity contribution is 5.75. The van der Waals surface area contributed by atoms with Gasteiger partial charge in [-0.1, -0.05) is 30.3 Å². The number of hydrogen-bond donors (Lipinski definition) is 2. The van der Waals surface area contributed by atoms with Gasteiger partial charge in [-0.25, -0.2) is 0 Å². The second kappa shape index (κ2) is 6.86. The maximum absolute atomic E-state index is 11.8. The first kappa shape index (κ1) is 14.3. The molecule has 20 heavy (non-hydrogen) atoms. The highest BCUT2D eigenvalue weighted by Crippen LogP contribution is 2.14. The van der Waals surface area contributed by atoms with Crippen molar-refractivity contribution >= 4 is 5.91 Å². The normalized spacial score (nSPS) is 12.1. The molecule has 2 aromatic rings. The van der Waals surface area contributed by atoms with Crippen LogP contribution in [0.5, 0.6) is 0 Å². The van der Waals surface area contributed by atoms with Crippen molar-refractivity contribution < 1.29 is 4.79 Å². The van der Waals surface area contributed by atoms with Crippen molar-refractivity contribution in [3.05, 3.63) is 53.9 Å². The molecule has 0 aliphatic rings. The van der Waals surface area contributed by atoms with Crippen LogP contribution in [-0.2, 0) is 18.4 Å². The molecule has 106 valence electrons. The standard InChI is InChI=1S/C15H20N4O/c1-19-13(9-10-18-19)11-17-15(20)8-7-14(16)12-5-3-2-4-6-12/h2-6,9-10,14H,7-8,11,16H2,1H3,(H,17,20). The molecule has 0 saturated heterocycles. The fourth-order valence-electron chi connectivity index (χ4n) is 2.01. The maximum Gasteiger partial charge on any atom is 0.220 e. The lowest BCUT2D eigenvalue weighted by Gasteiger charge is -2.12. The first-order valence-electron chi connectivity index (χ1n) is 6.71. The van der Waals surface area contributed by atoms with Gasteiger partial charge in [0.05, 0.1) is 12.2 Å². The second-order valence-electron chi connectivity index (χ2n) is 4.78. The van der Waals surface area contributed by atoms with Gasteiger partial charge < -0.3 is 11.1 Å². The first-order valence-corrected chi connectivity index (χ1v) is 6.71. The average molecular weight is 272 g/mol. The SMILES string of the molecule is Cn1nccc1CNC(=O)CCC(N)c1ccccc1. The quantitative estimate of drug-likeness (QED) is 0.837. The molecule has 0 spiro atoms. The summed E-state index contributed by atoms with van der Waals surface area (Å²) < 4.78 is 1.75. The minimum absolute atomic E-state index is 0.0116. The smallest absolute Gasteiger partial charge is 0.220 e. The summed E-state index contributed by atoms with van der Waals surface area (Å²) in [7, 11) is 1.85. The zero-order chi connectivity index (χ0) is 14.4. The fraction of sp³-hybridized carbons (Fsp3) is 0.333. The van der Waals surface area contributed by atoms with Gasteiger partial charge in [0.25, 0.3) is 0 Å². The van der Waals surface area contributed by atoms with Crippen molar-refractivity contribution in [2.45, 2.75) is 25.4 Å². The van der Waals surface area contributed by atoms with Crippen LogP contribution >= 0.6 is 0 Å². The van der Waals surface area contributed by atoms with Crippen LogP contribution in [0.15, 0.2) is 42.6 Å². The van der Waals surface area contributed by atoms with Crippen LogP contribution in [0.2, 0.25) is 0 Å². The van der Waals surface area contributed by atoms with E-state index >= 15 is 0 Å². The van der Waals surface area contributed by atoms with E-state index < -0.39 is 0 Å². The van der Waals surface area contributed by atoms with E-state index in [1.54, 1.807) is 10.9 Å². The van der Waals surface area contributed by atoms with Gasteiger partial charge in [0.2, 0.25) is 5.91 Å². The van der Waals surface area contributed by atoms with E-state index in [0.717, 1.165) is 11.3 Å². The molecule has 2 rings (SSSR count).